The van der Waals surface area contributed by atoms with E-state index in [0.717, 1.165) is 6.42 Å². The Hall–Kier alpha value is -0.570. The van der Waals surface area contributed by atoms with E-state index < -0.39 is 5.60 Å². The van der Waals surface area contributed by atoms with Crippen LogP contribution in [0.15, 0.2) is 0 Å². The lowest BCUT2D eigenvalue weighted by Gasteiger charge is -2.28. The first kappa shape index (κ1) is 16.4. The van der Waals surface area contributed by atoms with Gasteiger partial charge in [-0.15, -0.1) is 0 Å². The fourth-order valence-electron chi connectivity index (χ4n) is 1.64. The van der Waals surface area contributed by atoms with E-state index in [1.807, 2.05) is 13.8 Å². The van der Waals surface area contributed by atoms with Gasteiger partial charge in [-0.1, -0.05) is 41.0 Å². The summed E-state index contributed by atoms with van der Waals surface area (Å²) in [6, 6.07) is 0. The zero-order valence-corrected chi connectivity index (χ0v) is 12.2. The highest BCUT2D eigenvalue weighted by Gasteiger charge is 2.25. The minimum absolute atomic E-state index is 0.0477. The Balaban J connectivity index is 4.11. The van der Waals surface area contributed by atoms with Gasteiger partial charge in [-0.25, -0.2) is 0 Å². The number of hydrogen-bond donors (Lipinski definition) is 2. The first-order valence-electron chi connectivity index (χ1n) is 6.69. The van der Waals surface area contributed by atoms with Gasteiger partial charge in [0.2, 0.25) is 5.91 Å². The second-order valence-electron chi connectivity index (χ2n) is 5.91. The van der Waals surface area contributed by atoms with E-state index >= 15 is 0 Å². The van der Waals surface area contributed by atoms with Crippen molar-refractivity contribution in [1.29, 1.82) is 0 Å². The van der Waals surface area contributed by atoms with Crippen molar-refractivity contribution in [2.45, 2.75) is 60.0 Å². The van der Waals surface area contributed by atoms with E-state index in [0.29, 0.717) is 24.8 Å². The molecule has 17 heavy (non-hydrogen) atoms. The minimum Gasteiger partial charge on any atom is -0.388 e. The smallest absolute Gasteiger partial charge is 0.220 e. The number of aliphatic hydroxyl groups is 1. The molecule has 0 bridgehead atoms. The molecular weight excluding hydrogens is 214 g/mol. The van der Waals surface area contributed by atoms with E-state index in [4.69, 9.17) is 0 Å². The molecule has 0 saturated carbocycles. The van der Waals surface area contributed by atoms with Crippen molar-refractivity contribution in [3.05, 3.63) is 0 Å². The zero-order valence-electron chi connectivity index (χ0n) is 12.2. The second kappa shape index (κ2) is 7.00. The summed E-state index contributed by atoms with van der Waals surface area (Å²) in [6.07, 6.45) is 1.58. The Kier molecular flexibility index (Phi) is 6.76. The van der Waals surface area contributed by atoms with Gasteiger partial charge in [0, 0.05) is 13.0 Å². The van der Waals surface area contributed by atoms with Crippen LogP contribution < -0.4 is 5.32 Å². The van der Waals surface area contributed by atoms with E-state index in [-0.39, 0.29) is 11.8 Å². The van der Waals surface area contributed by atoms with Crippen molar-refractivity contribution in [1.82, 2.24) is 5.32 Å². The molecular formula is C14H29NO2. The molecule has 0 aliphatic heterocycles. The molecule has 3 heteroatoms. The van der Waals surface area contributed by atoms with Crippen LogP contribution in [0.2, 0.25) is 0 Å². The van der Waals surface area contributed by atoms with Crippen LogP contribution in [0.5, 0.6) is 0 Å². The largest absolute Gasteiger partial charge is 0.388 e. The molecule has 0 aromatic rings. The van der Waals surface area contributed by atoms with Gasteiger partial charge in [-0.3, -0.25) is 4.79 Å². The van der Waals surface area contributed by atoms with Crippen LogP contribution in [0.25, 0.3) is 0 Å². The average Bonchev–Trinajstić information content (AvgIpc) is 2.22. The van der Waals surface area contributed by atoms with E-state index in [1.165, 1.54) is 0 Å². The van der Waals surface area contributed by atoms with Crippen LogP contribution in [-0.4, -0.2) is 23.2 Å². The first-order chi connectivity index (χ1) is 7.70. The normalized spacial score (nSPS) is 17.0. The molecule has 102 valence electrons. The fraction of sp³-hybridized carbons (Fsp3) is 0.929. The SMILES string of the molecule is CCC(CC(=O)NCC(C)(O)C(C)C)C(C)C. The quantitative estimate of drug-likeness (QED) is 0.722. The molecule has 0 aromatic heterocycles. The predicted octanol–water partition coefficient (Wildman–Crippen LogP) is 2.58. The lowest BCUT2D eigenvalue weighted by molar-refractivity contribution is -0.124. The van der Waals surface area contributed by atoms with Gasteiger partial charge in [-0.2, -0.15) is 0 Å². The van der Waals surface area contributed by atoms with Crippen molar-refractivity contribution in [3.8, 4) is 0 Å². The topological polar surface area (TPSA) is 49.3 Å². The van der Waals surface area contributed by atoms with Crippen LogP contribution in [0.3, 0.4) is 0 Å². The summed E-state index contributed by atoms with van der Waals surface area (Å²) in [5.41, 5.74) is -0.824. The van der Waals surface area contributed by atoms with Crippen LogP contribution >= 0.6 is 0 Å². The van der Waals surface area contributed by atoms with E-state index in [1.54, 1.807) is 6.92 Å². The van der Waals surface area contributed by atoms with Gasteiger partial charge in [0.25, 0.3) is 0 Å². The molecule has 0 radical (unpaired) electrons. The number of rotatable bonds is 7. The van der Waals surface area contributed by atoms with Gasteiger partial charge < -0.3 is 10.4 Å². The van der Waals surface area contributed by atoms with Crippen molar-refractivity contribution in [2.24, 2.45) is 17.8 Å². The van der Waals surface area contributed by atoms with Crippen molar-refractivity contribution in [2.75, 3.05) is 6.54 Å². The second-order valence-corrected chi connectivity index (χ2v) is 5.91. The third-order valence-corrected chi connectivity index (χ3v) is 3.80. The summed E-state index contributed by atoms with van der Waals surface area (Å²) in [5, 5.41) is 12.9. The standard InChI is InChI=1S/C14H29NO2/c1-7-12(10(2)3)8-13(16)15-9-14(6,17)11(4)5/h10-12,17H,7-9H2,1-6H3,(H,15,16). The molecule has 2 atom stereocenters. The molecule has 0 spiro atoms. The van der Waals surface area contributed by atoms with Gasteiger partial charge in [0.15, 0.2) is 0 Å². The maximum Gasteiger partial charge on any atom is 0.220 e. The lowest BCUT2D eigenvalue weighted by Crippen LogP contribution is -2.44. The summed E-state index contributed by atoms with van der Waals surface area (Å²) >= 11 is 0. The molecule has 0 aromatic carbocycles. The summed E-state index contributed by atoms with van der Waals surface area (Å²) in [5.74, 6) is 1.14. The number of carbonyl (C=O) groups excluding carboxylic acids is 1. The van der Waals surface area contributed by atoms with Crippen LogP contribution in [-0.2, 0) is 4.79 Å². The summed E-state index contributed by atoms with van der Waals surface area (Å²) in [6.45, 7) is 12.4. The highest BCUT2D eigenvalue weighted by Crippen LogP contribution is 2.19. The van der Waals surface area contributed by atoms with E-state index in [2.05, 4.69) is 26.1 Å². The predicted molar refractivity (Wildman–Crippen MR) is 71.7 cm³/mol. The Morgan fingerprint density at radius 3 is 2.18 bits per heavy atom. The monoisotopic (exact) mass is 243 g/mol. The van der Waals surface area contributed by atoms with Gasteiger partial charge >= 0.3 is 0 Å². The molecule has 1 amide bonds. The van der Waals surface area contributed by atoms with Crippen molar-refractivity contribution >= 4 is 5.91 Å². The third kappa shape index (κ3) is 6.06. The summed E-state index contributed by atoms with van der Waals surface area (Å²) in [4.78, 5) is 11.8. The number of carbonyl (C=O) groups is 1. The summed E-state index contributed by atoms with van der Waals surface area (Å²) < 4.78 is 0. The first-order valence-corrected chi connectivity index (χ1v) is 6.69. The Morgan fingerprint density at radius 1 is 1.29 bits per heavy atom. The van der Waals surface area contributed by atoms with E-state index in [9.17, 15) is 9.90 Å². The highest BCUT2D eigenvalue weighted by molar-refractivity contribution is 5.76. The molecule has 2 N–H and O–H groups in total. The molecule has 3 nitrogen and oxygen atoms in total. The Morgan fingerprint density at radius 2 is 1.82 bits per heavy atom. The maximum atomic E-state index is 11.8. The molecule has 0 aliphatic carbocycles. The molecule has 0 heterocycles. The van der Waals surface area contributed by atoms with Crippen molar-refractivity contribution < 1.29 is 9.90 Å². The maximum absolute atomic E-state index is 11.8. The number of amides is 1. The lowest BCUT2D eigenvalue weighted by atomic mass is 9.89. The Bertz CT molecular complexity index is 234. The highest BCUT2D eigenvalue weighted by atomic mass is 16.3. The van der Waals surface area contributed by atoms with Gasteiger partial charge in [0.1, 0.15) is 0 Å². The zero-order chi connectivity index (χ0) is 13.6. The van der Waals surface area contributed by atoms with Crippen LogP contribution in [0.1, 0.15) is 54.4 Å². The number of nitrogens with one attached hydrogen (secondary N) is 1. The summed E-state index contributed by atoms with van der Waals surface area (Å²) in [7, 11) is 0. The molecule has 0 saturated heterocycles. The number of hydrogen-bond acceptors (Lipinski definition) is 2. The minimum atomic E-state index is -0.824. The molecule has 0 aliphatic rings. The third-order valence-electron chi connectivity index (χ3n) is 3.80. The fourth-order valence-corrected chi connectivity index (χ4v) is 1.64. The molecule has 2 unspecified atom stereocenters. The van der Waals surface area contributed by atoms with Crippen molar-refractivity contribution in [3.63, 3.8) is 0 Å². The van der Waals surface area contributed by atoms with Crippen LogP contribution in [0.4, 0.5) is 0 Å². The van der Waals surface area contributed by atoms with Crippen LogP contribution in [0, 0.1) is 17.8 Å². The van der Waals surface area contributed by atoms with Gasteiger partial charge in [-0.05, 0) is 24.7 Å². The molecule has 0 rings (SSSR count). The average molecular weight is 243 g/mol. The molecule has 0 fully saturated rings. The van der Waals surface area contributed by atoms with Gasteiger partial charge in [0.05, 0.1) is 5.60 Å². The Labute approximate surface area is 106 Å².